The van der Waals surface area contributed by atoms with Crippen molar-refractivity contribution in [2.24, 2.45) is 0 Å². The van der Waals surface area contributed by atoms with Crippen LogP contribution in [0.1, 0.15) is 60.2 Å². The van der Waals surface area contributed by atoms with Gasteiger partial charge in [0.15, 0.2) is 5.78 Å². The van der Waals surface area contributed by atoms with Gasteiger partial charge in [-0.1, -0.05) is 61.5 Å². The highest BCUT2D eigenvalue weighted by molar-refractivity contribution is 5.96. The molecule has 1 aliphatic rings. The van der Waals surface area contributed by atoms with E-state index in [9.17, 15) is 4.79 Å². The molecule has 0 saturated heterocycles. The summed E-state index contributed by atoms with van der Waals surface area (Å²) in [4.78, 5) is 17.7. The number of hydrogen-bond acceptors (Lipinski definition) is 5. The number of benzene rings is 2. The molecule has 0 fully saturated rings. The van der Waals surface area contributed by atoms with Crippen LogP contribution in [0.5, 0.6) is 0 Å². The van der Waals surface area contributed by atoms with E-state index in [4.69, 9.17) is 4.98 Å². The van der Waals surface area contributed by atoms with E-state index in [2.05, 4.69) is 68.5 Å². The molecule has 0 spiro atoms. The van der Waals surface area contributed by atoms with Crippen molar-refractivity contribution in [1.82, 2.24) is 30.2 Å². The predicted octanol–water partition coefficient (Wildman–Crippen LogP) is 5.11. The lowest BCUT2D eigenvalue weighted by Gasteiger charge is -2.12. The first-order valence-electron chi connectivity index (χ1n) is 11.5. The summed E-state index contributed by atoms with van der Waals surface area (Å²) in [6, 6.07) is 16.5. The third-order valence-corrected chi connectivity index (χ3v) is 6.02. The van der Waals surface area contributed by atoms with Crippen LogP contribution in [-0.4, -0.2) is 36.0 Å². The van der Waals surface area contributed by atoms with Crippen molar-refractivity contribution in [3.8, 4) is 22.5 Å². The Morgan fingerprint density at radius 2 is 1.82 bits per heavy atom. The second-order valence-corrected chi connectivity index (χ2v) is 8.27. The predicted molar refractivity (Wildman–Crippen MR) is 128 cm³/mol. The summed E-state index contributed by atoms with van der Waals surface area (Å²) in [6.45, 7) is 2.72. The molecule has 4 aromatic rings. The van der Waals surface area contributed by atoms with E-state index in [1.165, 1.54) is 0 Å². The monoisotopic (exact) mass is 438 g/mol. The smallest absolute Gasteiger partial charge is 0.205 e. The van der Waals surface area contributed by atoms with Crippen LogP contribution in [0.2, 0.25) is 0 Å². The number of carbonyl (C=O) groups excluding carboxylic acids is 1. The molecule has 0 radical (unpaired) electrons. The van der Waals surface area contributed by atoms with Gasteiger partial charge in [0.1, 0.15) is 11.5 Å². The van der Waals surface area contributed by atoms with Gasteiger partial charge < -0.3 is 4.57 Å². The zero-order valence-electron chi connectivity index (χ0n) is 18.7. The number of carbonyl (C=O) groups is 1. The Hall–Kier alpha value is -3.87. The van der Waals surface area contributed by atoms with Gasteiger partial charge >= 0.3 is 0 Å². The number of rotatable bonds is 6. The maximum Gasteiger partial charge on any atom is 0.205 e. The number of H-pyrrole nitrogens is 1. The van der Waals surface area contributed by atoms with Crippen LogP contribution in [0, 0.1) is 0 Å². The van der Waals surface area contributed by atoms with Gasteiger partial charge in [-0.05, 0) is 53.7 Å². The Kier molecular flexibility index (Phi) is 5.93. The van der Waals surface area contributed by atoms with Gasteiger partial charge in [-0.25, -0.2) is 4.98 Å². The number of ketones is 1. The fourth-order valence-corrected chi connectivity index (χ4v) is 4.39. The summed E-state index contributed by atoms with van der Waals surface area (Å²) in [7, 11) is 0. The van der Waals surface area contributed by atoms with E-state index >= 15 is 0 Å². The molecule has 1 aliphatic carbocycles. The molecule has 7 nitrogen and oxygen atoms in total. The Balaban J connectivity index is 1.48. The van der Waals surface area contributed by atoms with Crippen molar-refractivity contribution in [2.75, 3.05) is 0 Å². The van der Waals surface area contributed by atoms with Gasteiger partial charge in [0.25, 0.3) is 0 Å². The summed E-state index contributed by atoms with van der Waals surface area (Å²) in [5, 5.41) is 14.5. The molecule has 0 atom stereocenters. The summed E-state index contributed by atoms with van der Waals surface area (Å²) >= 11 is 0. The second kappa shape index (κ2) is 9.32. The van der Waals surface area contributed by atoms with E-state index in [1.54, 1.807) is 0 Å². The SMILES string of the molecule is CCC=Cc1nc2c(n1Cc1ccc(-c3ccccc3-c3nn[nH]n3)cc1)C(=O)CCCC2. The van der Waals surface area contributed by atoms with E-state index in [-0.39, 0.29) is 5.78 Å². The number of aromatic nitrogens is 6. The standard InChI is InChI=1S/C26H26N6O/c1-2-3-12-24-27-22-10-6-7-11-23(33)25(22)32(24)17-18-13-15-19(16-14-18)20-8-4-5-9-21(20)26-28-30-31-29-26/h3-5,8-9,12-16H,2,6-7,10-11,17H2,1H3,(H,28,29,30,31). The van der Waals surface area contributed by atoms with Gasteiger partial charge in [0.2, 0.25) is 5.82 Å². The first-order valence-corrected chi connectivity index (χ1v) is 11.5. The summed E-state index contributed by atoms with van der Waals surface area (Å²) < 4.78 is 2.09. The molecule has 0 amide bonds. The van der Waals surface area contributed by atoms with Crippen LogP contribution in [0.15, 0.2) is 54.6 Å². The van der Waals surface area contributed by atoms with Gasteiger partial charge in [0, 0.05) is 18.5 Å². The van der Waals surface area contributed by atoms with Crippen LogP contribution in [-0.2, 0) is 13.0 Å². The maximum absolute atomic E-state index is 12.9. The van der Waals surface area contributed by atoms with Crippen molar-refractivity contribution in [2.45, 2.75) is 45.6 Å². The number of imidazole rings is 1. The second-order valence-electron chi connectivity index (χ2n) is 8.27. The zero-order chi connectivity index (χ0) is 22.6. The number of allylic oxidation sites excluding steroid dienone is 1. The van der Waals surface area contributed by atoms with E-state index in [0.717, 1.165) is 65.1 Å². The summed E-state index contributed by atoms with van der Waals surface area (Å²) in [6.07, 6.45) is 8.48. The largest absolute Gasteiger partial charge is 0.317 e. The molecule has 166 valence electrons. The van der Waals surface area contributed by atoms with E-state index in [1.807, 2.05) is 24.3 Å². The molecule has 7 heteroatoms. The molecule has 0 aliphatic heterocycles. The minimum atomic E-state index is 0.205. The van der Waals surface area contributed by atoms with E-state index in [0.29, 0.717) is 18.8 Å². The van der Waals surface area contributed by atoms with Crippen molar-refractivity contribution in [3.63, 3.8) is 0 Å². The van der Waals surface area contributed by atoms with Crippen LogP contribution in [0.4, 0.5) is 0 Å². The highest BCUT2D eigenvalue weighted by Gasteiger charge is 2.24. The van der Waals surface area contributed by atoms with Crippen molar-refractivity contribution in [3.05, 3.63) is 77.4 Å². The molecular formula is C26H26N6O. The Morgan fingerprint density at radius 1 is 1.03 bits per heavy atom. The topological polar surface area (TPSA) is 89.3 Å². The number of nitrogens with one attached hydrogen (secondary N) is 1. The molecule has 0 unspecified atom stereocenters. The molecule has 2 aromatic heterocycles. The molecule has 5 rings (SSSR count). The summed E-state index contributed by atoms with van der Waals surface area (Å²) in [5.74, 6) is 1.64. The molecule has 0 bridgehead atoms. The Morgan fingerprint density at radius 3 is 2.58 bits per heavy atom. The van der Waals surface area contributed by atoms with Crippen molar-refractivity contribution in [1.29, 1.82) is 0 Å². The van der Waals surface area contributed by atoms with Crippen LogP contribution >= 0.6 is 0 Å². The normalized spacial score (nSPS) is 13.9. The number of hydrogen-bond donors (Lipinski definition) is 1. The number of tetrazole rings is 1. The average Bonchev–Trinajstić information content (AvgIpc) is 3.45. The molecule has 1 N–H and O–H groups in total. The minimum Gasteiger partial charge on any atom is -0.317 e. The molecule has 2 heterocycles. The molecular weight excluding hydrogens is 412 g/mol. The Labute approximate surface area is 192 Å². The highest BCUT2D eigenvalue weighted by Crippen LogP contribution is 2.30. The maximum atomic E-state index is 12.9. The van der Waals surface area contributed by atoms with Crippen LogP contribution in [0.3, 0.4) is 0 Å². The number of Topliss-reactive ketones (excluding diaryl/α,β-unsaturated/α-hetero) is 1. The minimum absolute atomic E-state index is 0.205. The van der Waals surface area contributed by atoms with Gasteiger partial charge in [-0.2, -0.15) is 5.21 Å². The van der Waals surface area contributed by atoms with Crippen LogP contribution in [0.25, 0.3) is 28.6 Å². The van der Waals surface area contributed by atoms with Gasteiger partial charge in [-0.15, -0.1) is 10.2 Å². The molecule has 2 aromatic carbocycles. The number of fused-ring (bicyclic) bond motifs is 1. The van der Waals surface area contributed by atoms with Gasteiger partial charge in [0.05, 0.1) is 5.69 Å². The first kappa shape index (κ1) is 21.0. The fourth-order valence-electron chi connectivity index (χ4n) is 4.39. The quantitative estimate of drug-likeness (QED) is 0.423. The molecule has 0 saturated carbocycles. The highest BCUT2D eigenvalue weighted by atomic mass is 16.1. The third kappa shape index (κ3) is 4.26. The zero-order valence-corrected chi connectivity index (χ0v) is 18.7. The van der Waals surface area contributed by atoms with Crippen molar-refractivity contribution >= 4 is 11.9 Å². The lowest BCUT2D eigenvalue weighted by atomic mass is 9.98. The van der Waals surface area contributed by atoms with E-state index < -0.39 is 0 Å². The Bertz CT molecular complexity index is 1290. The first-order chi connectivity index (χ1) is 16.2. The lowest BCUT2D eigenvalue weighted by molar-refractivity contribution is 0.0973. The number of aromatic amines is 1. The number of nitrogens with zero attached hydrogens (tertiary/aromatic N) is 5. The number of aryl methyl sites for hydroxylation is 1. The molecule has 33 heavy (non-hydrogen) atoms. The van der Waals surface area contributed by atoms with Gasteiger partial charge in [-0.3, -0.25) is 4.79 Å². The average molecular weight is 439 g/mol. The summed E-state index contributed by atoms with van der Waals surface area (Å²) in [5.41, 5.74) is 5.90. The third-order valence-electron chi connectivity index (χ3n) is 6.02. The lowest BCUT2D eigenvalue weighted by Crippen LogP contribution is -2.12. The fraction of sp³-hybridized carbons (Fsp3) is 0.269. The van der Waals surface area contributed by atoms with Crippen LogP contribution < -0.4 is 0 Å². The van der Waals surface area contributed by atoms with Crippen molar-refractivity contribution < 1.29 is 4.79 Å².